The number of benzene rings is 1. The second-order valence-electron chi connectivity index (χ2n) is 4.47. The minimum Gasteiger partial charge on any atom is -0.468 e. The Morgan fingerprint density at radius 3 is 2.61 bits per heavy atom. The van der Waals surface area contributed by atoms with Crippen LogP contribution in [0, 0.1) is 5.92 Å². The van der Waals surface area contributed by atoms with Gasteiger partial charge in [0.1, 0.15) is 6.04 Å². The van der Waals surface area contributed by atoms with Crippen LogP contribution in [0.2, 0.25) is 0 Å². The first-order valence-electron chi connectivity index (χ1n) is 6.08. The van der Waals surface area contributed by atoms with E-state index in [-0.39, 0.29) is 11.9 Å². The Balaban J connectivity index is 2.21. The third-order valence-electron chi connectivity index (χ3n) is 2.67. The topological polar surface area (TPSA) is 61.5 Å². The van der Waals surface area contributed by atoms with Crippen LogP contribution in [0.25, 0.3) is 0 Å². The first kappa shape index (κ1) is 14.7. The lowest BCUT2D eigenvalue weighted by atomic mass is 10.0. The quantitative estimate of drug-likeness (QED) is 0.750. The molecule has 100 valence electrons. The maximum absolute atomic E-state index is 11.2. The molecule has 0 saturated carbocycles. The Bertz CT molecular complexity index is 353. The molecule has 0 aromatic heterocycles. The molecule has 0 heterocycles. The summed E-state index contributed by atoms with van der Waals surface area (Å²) in [6, 6.07) is 9.41. The minimum absolute atomic E-state index is 0.225. The molecule has 0 aliphatic heterocycles. The lowest BCUT2D eigenvalue weighted by Gasteiger charge is -2.15. The number of esters is 1. The van der Waals surface area contributed by atoms with Crippen molar-refractivity contribution < 1.29 is 14.3 Å². The zero-order valence-corrected chi connectivity index (χ0v) is 11.0. The molecule has 4 heteroatoms. The van der Waals surface area contributed by atoms with Gasteiger partial charge in [0.2, 0.25) is 0 Å². The summed E-state index contributed by atoms with van der Waals surface area (Å²) in [6.45, 7) is 3.17. The zero-order valence-electron chi connectivity index (χ0n) is 11.0. The van der Waals surface area contributed by atoms with Crippen LogP contribution in [0.3, 0.4) is 0 Å². The van der Waals surface area contributed by atoms with E-state index < -0.39 is 6.04 Å². The average Bonchev–Trinajstić information content (AvgIpc) is 2.38. The van der Waals surface area contributed by atoms with E-state index in [9.17, 15) is 4.79 Å². The van der Waals surface area contributed by atoms with E-state index in [1.807, 2.05) is 37.3 Å². The summed E-state index contributed by atoms with van der Waals surface area (Å²) in [7, 11) is 1.35. The lowest BCUT2D eigenvalue weighted by molar-refractivity contribution is -0.142. The van der Waals surface area contributed by atoms with E-state index in [1.54, 1.807) is 0 Å². The summed E-state index contributed by atoms with van der Waals surface area (Å²) in [6.07, 6.45) is 0.571. The van der Waals surface area contributed by atoms with Crippen molar-refractivity contribution in [2.24, 2.45) is 11.7 Å². The van der Waals surface area contributed by atoms with E-state index >= 15 is 0 Å². The standard InChI is InChI=1S/C14H21NO3/c1-11(8-13(15)14(16)17-2)9-18-10-12-6-4-3-5-7-12/h3-7,11,13H,8-10,15H2,1-2H3/t11-,13+/m1/s1. The molecule has 1 aromatic carbocycles. The first-order valence-corrected chi connectivity index (χ1v) is 6.08. The Morgan fingerprint density at radius 1 is 1.33 bits per heavy atom. The van der Waals surface area contributed by atoms with Crippen LogP contribution < -0.4 is 5.73 Å². The van der Waals surface area contributed by atoms with Gasteiger partial charge in [-0.25, -0.2) is 0 Å². The number of rotatable bonds is 7. The van der Waals surface area contributed by atoms with Crippen LogP contribution >= 0.6 is 0 Å². The summed E-state index contributed by atoms with van der Waals surface area (Å²) < 4.78 is 10.2. The maximum Gasteiger partial charge on any atom is 0.322 e. The molecule has 0 fully saturated rings. The van der Waals surface area contributed by atoms with Gasteiger partial charge in [-0.2, -0.15) is 0 Å². The molecule has 0 saturated heterocycles. The molecule has 1 rings (SSSR count). The molecule has 2 N–H and O–H groups in total. The summed E-state index contributed by atoms with van der Waals surface area (Å²) in [4.78, 5) is 11.2. The highest BCUT2D eigenvalue weighted by atomic mass is 16.5. The summed E-state index contributed by atoms with van der Waals surface area (Å²) in [5.74, 6) is -0.146. The van der Waals surface area contributed by atoms with Gasteiger partial charge in [-0.05, 0) is 17.9 Å². The molecule has 0 aliphatic carbocycles. The van der Waals surface area contributed by atoms with Gasteiger partial charge in [0, 0.05) is 6.61 Å². The number of methoxy groups -OCH3 is 1. The molecule has 2 atom stereocenters. The van der Waals surface area contributed by atoms with Crippen molar-refractivity contribution in [1.29, 1.82) is 0 Å². The molecular weight excluding hydrogens is 230 g/mol. The third kappa shape index (κ3) is 5.29. The average molecular weight is 251 g/mol. The van der Waals surface area contributed by atoms with Crippen LogP contribution in [-0.2, 0) is 20.9 Å². The number of nitrogens with two attached hydrogens (primary N) is 1. The fourth-order valence-electron chi connectivity index (χ4n) is 1.70. The number of ether oxygens (including phenoxy) is 2. The van der Waals surface area contributed by atoms with Gasteiger partial charge in [-0.3, -0.25) is 4.79 Å². The SMILES string of the molecule is COC(=O)[C@@H](N)C[C@@H](C)COCc1ccccc1. The van der Waals surface area contributed by atoms with Crippen molar-refractivity contribution in [3.63, 3.8) is 0 Å². The van der Waals surface area contributed by atoms with Crippen molar-refractivity contribution in [3.05, 3.63) is 35.9 Å². The highest BCUT2D eigenvalue weighted by molar-refractivity contribution is 5.75. The smallest absolute Gasteiger partial charge is 0.322 e. The molecule has 1 aromatic rings. The van der Waals surface area contributed by atoms with Crippen molar-refractivity contribution in [1.82, 2.24) is 0 Å². The fraction of sp³-hybridized carbons (Fsp3) is 0.500. The Kier molecular flexibility index (Phi) is 6.39. The van der Waals surface area contributed by atoms with Crippen molar-refractivity contribution in [2.75, 3.05) is 13.7 Å². The van der Waals surface area contributed by atoms with Crippen LogP contribution in [0.5, 0.6) is 0 Å². The van der Waals surface area contributed by atoms with Gasteiger partial charge in [0.25, 0.3) is 0 Å². The van der Waals surface area contributed by atoms with Crippen LogP contribution in [0.15, 0.2) is 30.3 Å². The largest absolute Gasteiger partial charge is 0.468 e. The number of hydrogen-bond acceptors (Lipinski definition) is 4. The summed E-state index contributed by atoms with van der Waals surface area (Å²) in [5.41, 5.74) is 6.82. The van der Waals surface area contributed by atoms with Crippen LogP contribution in [0.1, 0.15) is 18.9 Å². The fourth-order valence-corrected chi connectivity index (χ4v) is 1.70. The van der Waals surface area contributed by atoms with Gasteiger partial charge in [-0.1, -0.05) is 37.3 Å². The van der Waals surface area contributed by atoms with Crippen molar-refractivity contribution in [2.45, 2.75) is 26.0 Å². The zero-order chi connectivity index (χ0) is 13.4. The summed E-state index contributed by atoms with van der Waals surface area (Å²) >= 11 is 0. The molecular formula is C14H21NO3. The highest BCUT2D eigenvalue weighted by Gasteiger charge is 2.17. The van der Waals surface area contributed by atoms with E-state index in [1.165, 1.54) is 7.11 Å². The Labute approximate surface area is 108 Å². The summed E-state index contributed by atoms with van der Waals surface area (Å²) in [5, 5.41) is 0. The number of hydrogen-bond donors (Lipinski definition) is 1. The Hall–Kier alpha value is -1.39. The maximum atomic E-state index is 11.2. The second kappa shape index (κ2) is 7.84. The molecule has 0 aliphatic rings. The highest BCUT2D eigenvalue weighted by Crippen LogP contribution is 2.08. The number of carbonyl (C=O) groups excluding carboxylic acids is 1. The second-order valence-corrected chi connectivity index (χ2v) is 4.47. The van der Waals surface area contributed by atoms with Gasteiger partial charge in [0.15, 0.2) is 0 Å². The van der Waals surface area contributed by atoms with Gasteiger partial charge in [0.05, 0.1) is 13.7 Å². The van der Waals surface area contributed by atoms with E-state index in [4.69, 9.17) is 10.5 Å². The van der Waals surface area contributed by atoms with Gasteiger partial charge < -0.3 is 15.2 Å². The first-order chi connectivity index (χ1) is 8.63. The molecule has 0 unspecified atom stereocenters. The normalized spacial score (nSPS) is 13.9. The van der Waals surface area contributed by atoms with Crippen LogP contribution in [0.4, 0.5) is 0 Å². The molecule has 0 spiro atoms. The van der Waals surface area contributed by atoms with E-state index in [0.717, 1.165) is 5.56 Å². The van der Waals surface area contributed by atoms with Gasteiger partial charge in [-0.15, -0.1) is 0 Å². The molecule has 0 amide bonds. The minimum atomic E-state index is -0.565. The molecule has 18 heavy (non-hydrogen) atoms. The van der Waals surface area contributed by atoms with Crippen LogP contribution in [-0.4, -0.2) is 25.7 Å². The third-order valence-corrected chi connectivity index (χ3v) is 2.67. The van der Waals surface area contributed by atoms with Crippen molar-refractivity contribution >= 4 is 5.97 Å². The molecule has 0 radical (unpaired) electrons. The molecule has 0 bridgehead atoms. The predicted octanol–water partition coefficient (Wildman–Crippen LogP) is 1.73. The van der Waals surface area contributed by atoms with E-state index in [2.05, 4.69) is 4.74 Å². The lowest BCUT2D eigenvalue weighted by Crippen LogP contribution is -2.34. The number of carbonyl (C=O) groups is 1. The van der Waals surface area contributed by atoms with Gasteiger partial charge >= 0.3 is 5.97 Å². The predicted molar refractivity (Wildman–Crippen MR) is 69.9 cm³/mol. The van der Waals surface area contributed by atoms with E-state index in [0.29, 0.717) is 19.6 Å². The van der Waals surface area contributed by atoms with Crippen molar-refractivity contribution in [3.8, 4) is 0 Å². The Morgan fingerprint density at radius 2 is 2.00 bits per heavy atom. The molecule has 4 nitrogen and oxygen atoms in total. The monoisotopic (exact) mass is 251 g/mol.